The molecule has 28 heavy (non-hydrogen) atoms. The molecule has 1 saturated heterocycles. The first-order chi connectivity index (χ1) is 13.5. The highest BCUT2D eigenvalue weighted by Crippen LogP contribution is 2.28. The van der Waals surface area contributed by atoms with Crippen molar-refractivity contribution in [3.8, 4) is 5.75 Å². The number of nitrogens with zero attached hydrogens (tertiary/aromatic N) is 4. The summed E-state index contributed by atoms with van der Waals surface area (Å²) in [6, 6.07) is 2.61. The molecule has 0 unspecified atom stereocenters. The SMILES string of the molecule is COc1c(F)c(F)cc(C(=O)N2CCN(c3cc4c(nn3)CCC4)CC2)c1F. The summed E-state index contributed by atoms with van der Waals surface area (Å²) in [6.45, 7) is 1.58. The summed E-state index contributed by atoms with van der Waals surface area (Å²) in [5.41, 5.74) is 1.71. The molecular formula is C19H19F3N4O2. The maximum Gasteiger partial charge on any atom is 0.257 e. The lowest BCUT2D eigenvalue weighted by molar-refractivity contribution is 0.0740. The molecule has 1 fully saturated rings. The van der Waals surface area contributed by atoms with Gasteiger partial charge in [-0.05, 0) is 37.0 Å². The molecule has 0 N–H and O–H groups in total. The molecule has 1 aromatic heterocycles. The number of aromatic nitrogens is 2. The molecule has 0 atom stereocenters. The first-order valence-electron chi connectivity index (χ1n) is 9.10. The zero-order valence-electron chi connectivity index (χ0n) is 15.3. The number of rotatable bonds is 3. The molecule has 4 rings (SSSR count). The van der Waals surface area contributed by atoms with Crippen LogP contribution >= 0.6 is 0 Å². The van der Waals surface area contributed by atoms with Gasteiger partial charge in [-0.3, -0.25) is 4.79 Å². The van der Waals surface area contributed by atoms with E-state index in [1.54, 1.807) is 0 Å². The van der Waals surface area contributed by atoms with E-state index in [2.05, 4.69) is 14.9 Å². The average Bonchev–Trinajstić information content (AvgIpc) is 3.18. The third kappa shape index (κ3) is 3.14. The Hall–Kier alpha value is -2.84. The lowest BCUT2D eigenvalue weighted by atomic mass is 10.1. The van der Waals surface area contributed by atoms with Gasteiger partial charge in [0, 0.05) is 26.2 Å². The van der Waals surface area contributed by atoms with Crippen molar-refractivity contribution < 1.29 is 22.7 Å². The minimum Gasteiger partial charge on any atom is -0.491 e. The standard InChI is InChI=1S/C19H19F3N4O2/c1-28-18-16(21)12(10-13(20)17(18)22)19(27)26-7-5-25(6-8-26)15-9-11-3-2-4-14(11)23-24-15/h9-10H,2-8H2,1H3. The summed E-state index contributed by atoms with van der Waals surface area (Å²) in [4.78, 5) is 16.1. The van der Waals surface area contributed by atoms with Gasteiger partial charge in [-0.2, -0.15) is 9.49 Å². The molecule has 1 aliphatic carbocycles. The molecule has 1 amide bonds. The van der Waals surface area contributed by atoms with Crippen LogP contribution < -0.4 is 9.64 Å². The minimum atomic E-state index is -1.45. The van der Waals surface area contributed by atoms with Crippen molar-refractivity contribution in [3.05, 3.63) is 46.4 Å². The van der Waals surface area contributed by atoms with Gasteiger partial charge in [0.15, 0.2) is 23.2 Å². The Balaban J connectivity index is 1.48. The van der Waals surface area contributed by atoms with Gasteiger partial charge < -0.3 is 14.5 Å². The smallest absolute Gasteiger partial charge is 0.257 e. The van der Waals surface area contributed by atoms with Crippen LogP contribution in [-0.4, -0.2) is 54.3 Å². The van der Waals surface area contributed by atoms with Crippen molar-refractivity contribution in [2.75, 3.05) is 38.2 Å². The van der Waals surface area contributed by atoms with Crippen molar-refractivity contribution in [1.82, 2.24) is 15.1 Å². The number of methoxy groups -OCH3 is 1. The van der Waals surface area contributed by atoms with E-state index in [0.717, 1.165) is 37.9 Å². The Morgan fingerprint density at radius 3 is 2.50 bits per heavy atom. The van der Waals surface area contributed by atoms with Crippen LogP contribution in [0.15, 0.2) is 12.1 Å². The molecule has 0 radical (unpaired) electrons. The van der Waals surface area contributed by atoms with Crippen LogP contribution in [0.5, 0.6) is 5.75 Å². The summed E-state index contributed by atoms with van der Waals surface area (Å²) in [5, 5.41) is 8.54. The largest absolute Gasteiger partial charge is 0.491 e. The van der Waals surface area contributed by atoms with E-state index in [-0.39, 0.29) is 0 Å². The molecule has 2 heterocycles. The zero-order valence-corrected chi connectivity index (χ0v) is 15.3. The molecule has 1 aromatic carbocycles. The Kier molecular flexibility index (Phi) is 4.82. The number of amides is 1. The normalized spacial score (nSPS) is 16.3. The predicted octanol–water partition coefficient (Wildman–Crippen LogP) is 2.35. The van der Waals surface area contributed by atoms with Crippen molar-refractivity contribution in [3.63, 3.8) is 0 Å². The summed E-state index contributed by atoms with van der Waals surface area (Å²) in [5.74, 6) is -4.80. The number of halogens is 3. The van der Waals surface area contributed by atoms with E-state index >= 15 is 0 Å². The third-order valence-corrected chi connectivity index (χ3v) is 5.25. The second-order valence-electron chi connectivity index (χ2n) is 6.87. The van der Waals surface area contributed by atoms with Gasteiger partial charge in [-0.25, -0.2) is 8.78 Å². The first kappa shape index (κ1) is 18.5. The molecule has 0 saturated carbocycles. The molecule has 0 bridgehead atoms. The topological polar surface area (TPSA) is 58.6 Å². The van der Waals surface area contributed by atoms with Crippen molar-refractivity contribution in [2.45, 2.75) is 19.3 Å². The maximum atomic E-state index is 14.4. The number of piperazine rings is 1. The molecule has 0 spiro atoms. The van der Waals surface area contributed by atoms with Crippen LogP contribution in [0.25, 0.3) is 0 Å². The summed E-state index contributed by atoms with van der Waals surface area (Å²) in [7, 11) is 1.02. The molecule has 6 nitrogen and oxygen atoms in total. The number of aryl methyl sites for hydroxylation is 2. The molecular weight excluding hydrogens is 373 g/mol. The Morgan fingerprint density at radius 2 is 1.79 bits per heavy atom. The summed E-state index contributed by atoms with van der Waals surface area (Å²) >= 11 is 0. The van der Waals surface area contributed by atoms with Crippen LogP contribution in [0.2, 0.25) is 0 Å². The monoisotopic (exact) mass is 392 g/mol. The van der Waals surface area contributed by atoms with Crippen LogP contribution in [-0.2, 0) is 12.8 Å². The van der Waals surface area contributed by atoms with Crippen LogP contribution in [0, 0.1) is 17.5 Å². The fraction of sp³-hybridized carbons (Fsp3) is 0.421. The van der Waals surface area contributed by atoms with Gasteiger partial charge in [0.1, 0.15) is 0 Å². The van der Waals surface area contributed by atoms with Crippen LogP contribution in [0.4, 0.5) is 19.0 Å². The number of anilines is 1. The highest BCUT2D eigenvalue weighted by atomic mass is 19.2. The highest BCUT2D eigenvalue weighted by Gasteiger charge is 2.29. The van der Waals surface area contributed by atoms with Crippen LogP contribution in [0.3, 0.4) is 0 Å². The summed E-state index contributed by atoms with van der Waals surface area (Å²) < 4.78 is 46.3. The third-order valence-electron chi connectivity index (χ3n) is 5.25. The number of hydrogen-bond donors (Lipinski definition) is 0. The van der Waals surface area contributed by atoms with Gasteiger partial charge >= 0.3 is 0 Å². The number of ether oxygens (including phenoxy) is 1. The second kappa shape index (κ2) is 7.29. The van der Waals surface area contributed by atoms with Crippen molar-refractivity contribution in [2.24, 2.45) is 0 Å². The Labute approximate surface area is 159 Å². The summed E-state index contributed by atoms with van der Waals surface area (Å²) in [6.07, 6.45) is 3.03. The van der Waals surface area contributed by atoms with Gasteiger partial charge in [0.25, 0.3) is 5.91 Å². The number of benzene rings is 1. The Morgan fingerprint density at radius 1 is 1.04 bits per heavy atom. The van der Waals surface area contributed by atoms with Gasteiger partial charge in [-0.1, -0.05) is 0 Å². The van der Waals surface area contributed by atoms with Crippen LogP contribution in [0.1, 0.15) is 28.0 Å². The van der Waals surface area contributed by atoms with Crippen molar-refractivity contribution >= 4 is 11.7 Å². The van der Waals surface area contributed by atoms with Gasteiger partial charge in [0.2, 0.25) is 5.82 Å². The molecule has 148 valence electrons. The lowest BCUT2D eigenvalue weighted by Crippen LogP contribution is -2.49. The number of carbonyl (C=O) groups excluding carboxylic acids is 1. The second-order valence-corrected chi connectivity index (χ2v) is 6.87. The highest BCUT2D eigenvalue weighted by molar-refractivity contribution is 5.95. The fourth-order valence-corrected chi connectivity index (χ4v) is 3.70. The Bertz CT molecular complexity index is 930. The number of carbonyl (C=O) groups is 1. The number of fused-ring (bicyclic) bond motifs is 1. The lowest BCUT2D eigenvalue weighted by Gasteiger charge is -2.35. The average molecular weight is 392 g/mol. The van der Waals surface area contributed by atoms with Gasteiger partial charge in [0.05, 0.1) is 18.4 Å². The van der Waals surface area contributed by atoms with E-state index in [1.165, 1.54) is 10.5 Å². The minimum absolute atomic E-state index is 0.304. The molecule has 1 aliphatic heterocycles. The fourth-order valence-electron chi connectivity index (χ4n) is 3.70. The van der Waals surface area contributed by atoms with Gasteiger partial charge in [-0.15, -0.1) is 5.10 Å². The molecule has 2 aliphatic rings. The van der Waals surface area contributed by atoms with E-state index in [4.69, 9.17) is 0 Å². The maximum absolute atomic E-state index is 14.4. The molecule has 9 heteroatoms. The predicted molar refractivity (Wildman–Crippen MR) is 95.0 cm³/mol. The zero-order chi connectivity index (χ0) is 19.8. The van der Waals surface area contributed by atoms with Crippen molar-refractivity contribution in [1.29, 1.82) is 0 Å². The van der Waals surface area contributed by atoms with E-state index in [1.807, 2.05) is 11.0 Å². The van der Waals surface area contributed by atoms with E-state index < -0.39 is 34.7 Å². The quantitative estimate of drug-likeness (QED) is 0.751. The number of hydrogen-bond acceptors (Lipinski definition) is 5. The molecule has 2 aromatic rings. The van der Waals surface area contributed by atoms with E-state index in [9.17, 15) is 18.0 Å². The van der Waals surface area contributed by atoms with E-state index in [0.29, 0.717) is 32.2 Å². The first-order valence-corrected chi connectivity index (χ1v) is 9.10.